The summed E-state index contributed by atoms with van der Waals surface area (Å²) in [5.41, 5.74) is 6.34. The summed E-state index contributed by atoms with van der Waals surface area (Å²) in [6, 6.07) is 4.30. The number of rotatable bonds is 2. The summed E-state index contributed by atoms with van der Waals surface area (Å²) in [6.45, 7) is 4.19. The van der Waals surface area contributed by atoms with Gasteiger partial charge in [0.1, 0.15) is 0 Å². The van der Waals surface area contributed by atoms with Gasteiger partial charge in [0.15, 0.2) is 5.96 Å². The Balaban J connectivity index is 1.86. The highest BCUT2D eigenvalue weighted by Crippen LogP contribution is 2.42. The molecule has 1 fully saturated rings. The number of thiophene rings is 1. The molecule has 0 radical (unpaired) electrons. The van der Waals surface area contributed by atoms with E-state index in [4.69, 9.17) is 5.73 Å². The van der Waals surface area contributed by atoms with Crippen LogP contribution in [0.3, 0.4) is 0 Å². The van der Waals surface area contributed by atoms with Crippen molar-refractivity contribution in [1.82, 2.24) is 4.90 Å². The lowest BCUT2D eigenvalue weighted by molar-refractivity contribution is 0.0785. The van der Waals surface area contributed by atoms with Crippen LogP contribution in [0.5, 0.6) is 0 Å². The molecule has 0 amide bonds. The number of hydrogen-bond acceptors (Lipinski definition) is 4. The molecule has 1 aromatic heterocycles. The SMILES string of the molecule is CC1CCCCC12CN=C(N)N2Cc1cccs1. The molecule has 1 aliphatic carbocycles. The largest absolute Gasteiger partial charge is 0.370 e. The molecule has 2 atom stereocenters. The maximum Gasteiger partial charge on any atom is 0.192 e. The quantitative estimate of drug-likeness (QED) is 0.891. The molecule has 0 bridgehead atoms. The average Bonchev–Trinajstić information content (AvgIpc) is 2.97. The zero-order valence-corrected chi connectivity index (χ0v) is 11.7. The lowest BCUT2D eigenvalue weighted by Crippen LogP contribution is -2.56. The Labute approximate surface area is 113 Å². The first-order valence-electron chi connectivity index (χ1n) is 6.82. The first-order chi connectivity index (χ1) is 8.72. The Morgan fingerprint density at radius 2 is 2.44 bits per heavy atom. The second-order valence-electron chi connectivity index (χ2n) is 5.59. The van der Waals surface area contributed by atoms with Gasteiger partial charge in [-0.25, -0.2) is 0 Å². The lowest BCUT2D eigenvalue weighted by atomic mass is 9.73. The smallest absolute Gasteiger partial charge is 0.192 e. The van der Waals surface area contributed by atoms with E-state index in [1.807, 2.05) is 11.3 Å². The van der Waals surface area contributed by atoms with E-state index in [1.165, 1.54) is 30.6 Å². The predicted molar refractivity (Wildman–Crippen MR) is 76.7 cm³/mol. The van der Waals surface area contributed by atoms with Crippen LogP contribution in [0.15, 0.2) is 22.5 Å². The van der Waals surface area contributed by atoms with E-state index in [1.54, 1.807) is 0 Å². The van der Waals surface area contributed by atoms with Crippen molar-refractivity contribution in [2.75, 3.05) is 6.54 Å². The second-order valence-corrected chi connectivity index (χ2v) is 6.62. The monoisotopic (exact) mass is 263 g/mol. The van der Waals surface area contributed by atoms with Crippen molar-refractivity contribution in [3.05, 3.63) is 22.4 Å². The van der Waals surface area contributed by atoms with Crippen LogP contribution in [0.4, 0.5) is 0 Å². The number of aliphatic imine (C=N–C) groups is 1. The van der Waals surface area contributed by atoms with E-state index in [0.29, 0.717) is 5.92 Å². The molecule has 0 saturated heterocycles. The van der Waals surface area contributed by atoms with E-state index in [0.717, 1.165) is 19.0 Å². The highest BCUT2D eigenvalue weighted by molar-refractivity contribution is 7.09. The number of nitrogens with two attached hydrogens (primary N) is 1. The summed E-state index contributed by atoms with van der Waals surface area (Å²) in [4.78, 5) is 8.31. The molecule has 2 unspecified atom stereocenters. The molecule has 2 N–H and O–H groups in total. The van der Waals surface area contributed by atoms with Crippen LogP contribution < -0.4 is 5.73 Å². The van der Waals surface area contributed by atoms with Gasteiger partial charge in [-0.05, 0) is 30.2 Å². The molecule has 2 heterocycles. The standard InChI is InChI=1S/C14H21N3S/c1-11-5-2-3-7-14(11)10-16-13(15)17(14)9-12-6-4-8-18-12/h4,6,8,11H,2-3,5,7,9-10H2,1H3,(H2,15,16). The molecule has 1 aliphatic heterocycles. The highest BCUT2D eigenvalue weighted by atomic mass is 32.1. The molecule has 3 nitrogen and oxygen atoms in total. The van der Waals surface area contributed by atoms with E-state index >= 15 is 0 Å². The first-order valence-corrected chi connectivity index (χ1v) is 7.70. The van der Waals surface area contributed by atoms with Gasteiger partial charge in [0.25, 0.3) is 0 Å². The van der Waals surface area contributed by atoms with Crippen LogP contribution in [-0.4, -0.2) is 22.9 Å². The van der Waals surface area contributed by atoms with Gasteiger partial charge in [-0.1, -0.05) is 25.8 Å². The third-order valence-electron chi connectivity index (χ3n) is 4.64. The molecule has 4 heteroatoms. The van der Waals surface area contributed by atoms with Gasteiger partial charge >= 0.3 is 0 Å². The molecule has 1 saturated carbocycles. The highest BCUT2D eigenvalue weighted by Gasteiger charge is 2.47. The molecule has 3 rings (SSSR count). The fourth-order valence-electron chi connectivity index (χ4n) is 3.45. The van der Waals surface area contributed by atoms with Crippen LogP contribution in [-0.2, 0) is 6.54 Å². The lowest BCUT2D eigenvalue weighted by Gasteiger charge is -2.46. The zero-order valence-electron chi connectivity index (χ0n) is 10.9. The minimum atomic E-state index is 0.201. The van der Waals surface area contributed by atoms with Crippen molar-refractivity contribution in [3.8, 4) is 0 Å². The summed E-state index contributed by atoms with van der Waals surface area (Å²) >= 11 is 1.81. The summed E-state index contributed by atoms with van der Waals surface area (Å²) in [6.07, 6.45) is 5.22. The Hall–Kier alpha value is -1.03. The molecule has 0 aromatic carbocycles. The Bertz CT molecular complexity index is 440. The van der Waals surface area contributed by atoms with Crippen molar-refractivity contribution >= 4 is 17.3 Å². The fraction of sp³-hybridized carbons (Fsp3) is 0.643. The molecule has 98 valence electrons. The summed E-state index contributed by atoms with van der Waals surface area (Å²) in [7, 11) is 0. The average molecular weight is 263 g/mol. The summed E-state index contributed by atoms with van der Waals surface area (Å²) in [5.74, 6) is 1.44. The van der Waals surface area contributed by atoms with Crippen molar-refractivity contribution < 1.29 is 0 Å². The molecule has 18 heavy (non-hydrogen) atoms. The molecule has 1 spiro atoms. The third kappa shape index (κ3) is 1.83. The summed E-state index contributed by atoms with van der Waals surface area (Å²) < 4.78 is 0. The van der Waals surface area contributed by atoms with Crippen molar-refractivity contribution in [2.45, 2.75) is 44.7 Å². The Morgan fingerprint density at radius 1 is 1.56 bits per heavy atom. The van der Waals surface area contributed by atoms with Gasteiger partial charge in [0.05, 0.1) is 18.6 Å². The van der Waals surface area contributed by atoms with Gasteiger partial charge in [-0.2, -0.15) is 0 Å². The normalized spacial score (nSPS) is 31.9. The molecule has 1 aromatic rings. The van der Waals surface area contributed by atoms with E-state index in [-0.39, 0.29) is 5.54 Å². The van der Waals surface area contributed by atoms with E-state index in [2.05, 4.69) is 34.3 Å². The Morgan fingerprint density at radius 3 is 3.17 bits per heavy atom. The first kappa shape index (κ1) is 12.0. The van der Waals surface area contributed by atoms with Crippen molar-refractivity contribution in [1.29, 1.82) is 0 Å². The van der Waals surface area contributed by atoms with Gasteiger partial charge in [-0.3, -0.25) is 4.99 Å². The topological polar surface area (TPSA) is 41.6 Å². The summed E-state index contributed by atoms with van der Waals surface area (Å²) in [5, 5.41) is 2.13. The van der Waals surface area contributed by atoms with Gasteiger partial charge < -0.3 is 10.6 Å². The van der Waals surface area contributed by atoms with E-state index in [9.17, 15) is 0 Å². The maximum absolute atomic E-state index is 6.14. The van der Waals surface area contributed by atoms with Gasteiger partial charge in [0.2, 0.25) is 0 Å². The third-order valence-corrected chi connectivity index (χ3v) is 5.50. The molecular formula is C14H21N3S. The number of hydrogen-bond donors (Lipinski definition) is 1. The predicted octanol–water partition coefficient (Wildman–Crippen LogP) is 2.83. The van der Waals surface area contributed by atoms with Crippen LogP contribution in [0.25, 0.3) is 0 Å². The minimum absolute atomic E-state index is 0.201. The molecule has 2 aliphatic rings. The van der Waals surface area contributed by atoms with Crippen molar-refractivity contribution in [2.24, 2.45) is 16.6 Å². The van der Waals surface area contributed by atoms with Gasteiger partial charge in [-0.15, -0.1) is 11.3 Å². The van der Waals surface area contributed by atoms with Crippen molar-refractivity contribution in [3.63, 3.8) is 0 Å². The minimum Gasteiger partial charge on any atom is -0.370 e. The molecular weight excluding hydrogens is 242 g/mol. The van der Waals surface area contributed by atoms with Crippen LogP contribution >= 0.6 is 11.3 Å². The Kier molecular flexibility index (Phi) is 3.06. The second kappa shape index (κ2) is 4.57. The number of nitrogens with zero attached hydrogens (tertiary/aromatic N) is 2. The van der Waals surface area contributed by atoms with Crippen LogP contribution in [0, 0.1) is 5.92 Å². The number of guanidine groups is 1. The fourth-order valence-corrected chi connectivity index (χ4v) is 4.14. The van der Waals surface area contributed by atoms with E-state index < -0.39 is 0 Å². The zero-order chi connectivity index (χ0) is 12.6. The van der Waals surface area contributed by atoms with Crippen LogP contribution in [0.1, 0.15) is 37.5 Å². The van der Waals surface area contributed by atoms with Crippen LogP contribution in [0.2, 0.25) is 0 Å². The van der Waals surface area contributed by atoms with Gasteiger partial charge in [0, 0.05) is 4.88 Å². The maximum atomic E-state index is 6.14.